The van der Waals surface area contributed by atoms with E-state index in [1.54, 1.807) is 0 Å². The second kappa shape index (κ2) is 6.68. The van der Waals surface area contributed by atoms with Gasteiger partial charge in [-0.2, -0.15) is 0 Å². The normalized spacial score (nSPS) is 27.4. The van der Waals surface area contributed by atoms with E-state index in [2.05, 4.69) is 34.3 Å². The van der Waals surface area contributed by atoms with E-state index in [1.807, 2.05) is 12.3 Å². The van der Waals surface area contributed by atoms with Crippen LogP contribution in [-0.2, 0) is 0 Å². The summed E-state index contributed by atoms with van der Waals surface area (Å²) in [6.07, 6.45) is 9.05. The largest absolute Gasteiger partial charge is 0.311 e. The van der Waals surface area contributed by atoms with E-state index in [1.165, 1.54) is 44.3 Å². The highest BCUT2D eigenvalue weighted by molar-refractivity contribution is 5.08. The van der Waals surface area contributed by atoms with Crippen molar-refractivity contribution in [1.82, 2.24) is 15.2 Å². The van der Waals surface area contributed by atoms with Crippen LogP contribution in [-0.4, -0.2) is 35.6 Å². The average Bonchev–Trinajstić information content (AvgIpc) is 2.56. The van der Waals surface area contributed by atoms with Gasteiger partial charge in [-0.1, -0.05) is 25.3 Å². The van der Waals surface area contributed by atoms with Crippen LogP contribution in [0.1, 0.15) is 50.8 Å². The number of nitrogens with zero attached hydrogens (tertiary/aromatic N) is 2. The molecule has 1 aromatic rings. The highest BCUT2D eigenvalue weighted by Crippen LogP contribution is 2.29. The van der Waals surface area contributed by atoms with Crippen LogP contribution in [0.15, 0.2) is 24.4 Å². The van der Waals surface area contributed by atoms with Crippen molar-refractivity contribution in [3.05, 3.63) is 30.1 Å². The topological polar surface area (TPSA) is 28.2 Å². The maximum atomic E-state index is 4.53. The third kappa shape index (κ3) is 3.21. The molecule has 0 amide bonds. The Bertz CT molecular complexity index is 400. The summed E-state index contributed by atoms with van der Waals surface area (Å²) in [5.74, 6) is 0.891. The number of pyridine rings is 1. The Hall–Kier alpha value is -0.930. The molecule has 2 atom stereocenters. The zero-order valence-electron chi connectivity index (χ0n) is 12.6. The summed E-state index contributed by atoms with van der Waals surface area (Å²) < 4.78 is 0. The lowest BCUT2D eigenvalue weighted by atomic mass is 9.83. The van der Waals surface area contributed by atoms with E-state index in [0.29, 0.717) is 12.1 Å². The number of piperazine rings is 1. The molecule has 3 rings (SSSR count). The molecule has 2 unspecified atom stereocenters. The smallest absolute Gasteiger partial charge is 0.0572 e. The summed E-state index contributed by atoms with van der Waals surface area (Å²) in [5, 5.41) is 3.76. The fourth-order valence-corrected chi connectivity index (χ4v) is 3.82. The van der Waals surface area contributed by atoms with Crippen molar-refractivity contribution in [1.29, 1.82) is 0 Å². The number of hydrogen-bond acceptors (Lipinski definition) is 3. The zero-order valence-corrected chi connectivity index (χ0v) is 12.6. The fourth-order valence-electron chi connectivity index (χ4n) is 3.82. The molecular weight excluding hydrogens is 246 g/mol. The molecule has 3 nitrogen and oxygen atoms in total. The molecule has 0 bridgehead atoms. The van der Waals surface area contributed by atoms with Gasteiger partial charge in [0, 0.05) is 37.9 Å². The Balaban J connectivity index is 1.62. The molecule has 0 radical (unpaired) electrons. The van der Waals surface area contributed by atoms with Crippen LogP contribution in [0.3, 0.4) is 0 Å². The molecule has 3 heteroatoms. The first-order valence-corrected chi connectivity index (χ1v) is 8.23. The highest BCUT2D eigenvalue weighted by Gasteiger charge is 2.30. The maximum absolute atomic E-state index is 4.53. The summed E-state index contributed by atoms with van der Waals surface area (Å²) in [7, 11) is 0. The SMILES string of the molecule is CC(c1ccccn1)N1CCNC(C2CCCCC2)C1. The van der Waals surface area contributed by atoms with Gasteiger partial charge in [0.2, 0.25) is 0 Å². The Morgan fingerprint density at radius 1 is 1.25 bits per heavy atom. The molecule has 110 valence electrons. The summed E-state index contributed by atoms with van der Waals surface area (Å²) in [5.41, 5.74) is 1.21. The molecule has 1 aliphatic carbocycles. The van der Waals surface area contributed by atoms with Gasteiger partial charge in [0.05, 0.1) is 5.69 Å². The average molecular weight is 273 g/mol. The van der Waals surface area contributed by atoms with E-state index in [4.69, 9.17) is 0 Å². The van der Waals surface area contributed by atoms with Gasteiger partial charge in [-0.25, -0.2) is 0 Å². The summed E-state index contributed by atoms with van der Waals surface area (Å²) >= 11 is 0. The Morgan fingerprint density at radius 2 is 2.10 bits per heavy atom. The lowest BCUT2D eigenvalue weighted by Crippen LogP contribution is -2.54. The van der Waals surface area contributed by atoms with Gasteiger partial charge in [-0.15, -0.1) is 0 Å². The Kier molecular flexibility index (Phi) is 4.69. The first-order chi connectivity index (χ1) is 9.84. The summed E-state index contributed by atoms with van der Waals surface area (Å²) in [4.78, 5) is 7.14. The van der Waals surface area contributed by atoms with Crippen molar-refractivity contribution < 1.29 is 0 Å². The van der Waals surface area contributed by atoms with Crippen molar-refractivity contribution in [3.8, 4) is 0 Å². The van der Waals surface area contributed by atoms with Crippen LogP contribution in [0, 0.1) is 5.92 Å². The Morgan fingerprint density at radius 3 is 2.85 bits per heavy atom. The van der Waals surface area contributed by atoms with E-state index >= 15 is 0 Å². The van der Waals surface area contributed by atoms with Crippen molar-refractivity contribution in [2.24, 2.45) is 5.92 Å². The second-order valence-corrected chi connectivity index (χ2v) is 6.38. The van der Waals surface area contributed by atoms with E-state index in [0.717, 1.165) is 19.0 Å². The molecule has 2 fully saturated rings. The summed E-state index contributed by atoms with van der Waals surface area (Å²) in [6.45, 7) is 5.74. The molecule has 2 heterocycles. The van der Waals surface area contributed by atoms with Gasteiger partial charge in [-0.3, -0.25) is 9.88 Å². The standard InChI is InChI=1S/C17H27N3/c1-14(16-9-5-6-10-18-16)20-12-11-19-17(13-20)15-7-3-2-4-8-15/h5-6,9-10,14-15,17,19H,2-4,7-8,11-13H2,1H3. The third-order valence-corrected chi connectivity index (χ3v) is 5.12. The molecule has 0 aromatic carbocycles. The lowest BCUT2D eigenvalue weighted by Gasteiger charge is -2.41. The van der Waals surface area contributed by atoms with Crippen LogP contribution < -0.4 is 5.32 Å². The number of rotatable bonds is 3. The summed E-state index contributed by atoms with van der Waals surface area (Å²) in [6, 6.07) is 7.38. The number of nitrogens with one attached hydrogen (secondary N) is 1. The fraction of sp³-hybridized carbons (Fsp3) is 0.706. The van der Waals surface area contributed by atoms with Gasteiger partial charge in [0.25, 0.3) is 0 Å². The number of hydrogen-bond donors (Lipinski definition) is 1. The van der Waals surface area contributed by atoms with Crippen LogP contribution in [0.5, 0.6) is 0 Å². The molecule has 1 saturated carbocycles. The van der Waals surface area contributed by atoms with Crippen molar-refractivity contribution in [3.63, 3.8) is 0 Å². The molecule has 1 aliphatic heterocycles. The van der Waals surface area contributed by atoms with E-state index in [-0.39, 0.29) is 0 Å². The molecule has 2 aliphatic rings. The highest BCUT2D eigenvalue weighted by atomic mass is 15.2. The van der Waals surface area contributed by atoms with Crippen molar-refractivity contribution in [2.75, 3.05) is 19.6 Å². The first kappa shape index (κ1) is 14.0. The minimum absolute atomic E-state index is 0.435. The van der Waals surface area contributed by atoms with Gasteiger partial charge in [-0.05, 0) is 37.8 Å². The van der Waals surface area contributed by atoms with Gasteiger partial charge >= 0.3 is 0 Å². The van der Waals surface area contributed by atoms with Gasteiger partial charge in [0.1, 0.15) is 0 Å². The molecule has 1 N–H and O–H groups in total. The predicted octanol–water partition coefficient (Wildman–Crippen LogP) is 3.00. The van der Waals surface area contributed by atoms with Crippen molar-refractivity contribution >= 4 is 0 Å². The van der Waals surface area contributed by atoms with Crippen molar-refractivity contribution in [2.45, 2.75) is 51.1 Å². The van der Waals surface area contributed by atoms with Crippen LogP contribution >= 0.6 is 0 Å². The lowest BCUT2D eigenvalue weighted by molar-refractivity contribution is 0.113. The minimum atomic E-state index is 0.435. The monoisotopic (exact) mass is 273 g/mol. The second-order valence-electron chi connectivity index (χ2n) is 6.38. The Labute approximate surface area is 122 Å². The molecule has 20 heavy (non-hydrogen) atoms. The molecule has 0 spiro atoms. The van der Waals surface area contributed by atoms with E-state index < -0.39 is 0 Å². The first-order valence-electron chi connectivity index (χ1n) is 8.23. The molecular formula is C17H27N3. The van der Waals surface area contributed by atoms with Crippen LogP contribution in [0.25, 0.3) is 0 Å². The van der Waals surface area contributed by atoms with Gasteiger partial charge in [0.15, 0.2) is 0 Å². The third-order valence-electron chi connectivity index (χ3n) is 5.12. The minimum Gasteiger partial charge on any atom is -0.311 e. The predicted molar refractivity (Wildman–Crippen MR) is 82.6 cm³/mol. The van der Waals surface area contributed by atoms with Crippen LogP contribution in [0.2, 0.25) is 0 Å². The maximum Gasteiger partial charge on any atom is 0.0572 e. The quantitative estimate of drug-likeness (QED) is 0.917. The zero-order chi connectivity index (χ0) is 13.8. The van der Waals surface area contributed by atoms with E-state index in [9.17, 15) is 0 Å². The molecule has 1 saturated heterocycles. The van der Waals surface area contributed by atoms with Crippen LogP contribution in [0.4, 0.5) is 0 Å². The van der Waals surface area contributed by atoms with Gasteiger partial charge < -0.3 is 5.32 Å². The number of aromatic nitrogens is 1. The molecule has 1 aromatic heterocycles.